The normalized spacial score (nSPS) is 15.0. The zero-order chi connectivity index (χ0) is 33.2. The number of aromatic carboxylic acids is 1. The summed E-state index contributed by atoms with van der Waals surface area (Å²) in [4.78, 5) is 19.1. The Hall–Kier alpha value is -3.91. The van der Waals surface area contributed by atoms with Crippen LogP contribution in [0.25, 0.3) is 16.4 Å². The fraction of sp³-hybridized carbons (Fsp3) is 0.406. The Kier molecular flexibility index (Phi) is 9.78. The molecular formula is C32H32F6N4O3S. The molecule has 0 amide bonds. The van der Waals surface area contributed by atoms with Crippen molar-refractivity contribution >= 4 is 17.3 Å². The predicted octanol–water partition coefficient (Wildman–Crippen LogP) is 8.29. The van der Waals surface area contributed by atoms with Crippen LogP contribution in [0.5, 0.6) is 5.75 Å². The highest BCUT2D eigenvalue weighted by Crippen LogP contribution is 2.37. The van der Waals surface area contributed by atoms with E-state index in [4.69, 9.17) is 4.74 Å². The number of ether oxygens (including phenoxy) is 1. The van der Waals surface area contributed by atoms with E-state index in [1.54, 1.807) is 12.1 Å². The van der Waals surface area contributed by atoms with Gasteiger partial charge < -0.3 is 9.84 Å². The molecule has 46 heavy (non-hydrogen) atoms. The van der Waals surface area contributed by atoms with Gasteiger partial charge in [-0.3, -0.25) is 4.90 Å². The average Bonchev–Trinajstić information content (AvgIpc) is 3.62. The summed E-state index contributed by atoms with van der Waals surface area (Å²) in [5.74, 6) is -1.12. The third-order valence-corrected chi connectivity index (χ3v) is 9.11. The number of benzene rings is 1. The SMILES string of the molecule is CCCc1cc(COc2ccc(C3CCN(CC(F)(F)F)CC3)cc2C)c(-c2cccc(-n3ncc(C(=O)O)c3C(F)(F)F)n2)s1. The number of pyridine rings is 1. The Bertz CT molecular complexity index is 1690. The quantitative estimate of drug-likeness (QED) is 0.172. The van der Waals surface area contributed by atoms with E-state index in [0.717, 1.165) is 34.4 Å². The Balaban J connectivity index is 1.36. The van der Waals surface area contributed by atoms with Crippen LogP contribution < -0.4 is 4.74 Å². The number of rotatable bonds is 10. The highest BCUT2D eigenvalue weighted by atomic mass is 32.1. The monoisotopic (exact) mass is 666 g/mol. The summed E-state index contributed by atoms with van der Waals surface area (Å²) in [5, 5.41) is 13.0. The van der Waals surface area contributed by atoms with E-state index in [-0.39, 0.29) is 18.3 Å². The topological polar surface area (TPSA) is 80.5 Å². The first-order valence-electron chi connectivity index (χ1n) is 14.7. The van der Waals surface area contributed by atoms with E-state index in [9.17, 15) is 36.2 Å². The first kappa shape index (κ1) is 33.5. The molecule has 0 unspecified atom stereocenters. The highest BCUT2D eigenvalue weighted by Gasteiger charge is 2.41. The second-order valence-electron chi connectivity index (χ2n) is 11.3. The van der Waals surface area contributed by atoms with E-state index in [2.05, 4.69) is 10.1 Å². The molecule has 4 heterocycles. The fourth-order valence-electron chi connectivity index (χ4n) is 5.72. The Labute approximate surface area is 265 Å². The van der Waals surface area contributed by atoms with Crippen LogP contribution in [0, 0.1) is 6.92 Å². The molecule has 0 radical (unpaired) electrons. The molecule has 0 bridgehead atoms. The van der Waals surface area contributed by atoms with Crippen LogP contribution in [0.15, 0.2) is 48.7 Å². The molecule has 7 nitrogen and oxygen atoms in total. The molecule has 0 spiro atoms. The molecule has 1 N–H and O–H groups in total. The molecule has 14 heteroatoms. The van der Waals surface area contributed by atoms with Gasteiger partial charge in [0.2, 0.25) is 0 Å². The number of piperidine rings is 1. The standard InChI is InChI=1S/C32H32F6N4O3S/c1-3-5-23-15-22(17-45-26-9-8-21(14-19(26)2)20-10-12-41(13-11-20)18-31(33,34)35)28(46-23)25-6-4-7-27(40-25)42-29(32(36,37)38)24(16-39-42)30(43)44/h4,6-9,14-16,20H,3,5,10-13,17-18H2,1-2H3,(H,43,44). The number of likely N-dealkylation sites (tertiary alicyclic amines) is 1. The van der Waals surface area contributed by atoms with Crippen LogP contribution in [-0.4, -0.2) is 56.6 Å². The van der Waals surface area contributed by atoms with Crippen molar-refractivity contribution < 1.29 is 41.0 Å². The maximum atomic E-state index is 13.9. The van der Waals surface area contributed by atoms with Gasteiger partial charge in [-0.25, -0.2) is 14.5 Å². The van der Waals surface area contributed by atoms with Gasteiger partial charge in [-0.2, -0.15) is 31.4 Å². The Morgan fingerprint density at radius 3 is 2.46 bits per heavy atom. The molecule has 1 fully saturated rings. The number of hydrogen-bond donors (Lipinski definition) is 1. The van der Waals surface area contributed by atoms with E-state index in [1.807, 2.05) is 38.1 Å². The summed E-state index contributed by atoms with van der Waals surface area (Å²) in [6.45, 7) is 3.99. The van der Waals surface area contributed by atoms with Crippen molar-refractivity contribution in [2.45, 2.75) is 64.4 Å². The van der Waals surface area contributed by atoms with Crippen molar-refractivity contribution in [2.75, 3.05) is 19.6 Å². The van der Waals surface area contributed by atoms with E-state index in [1.165, 1.54) is 22.3 Å². The van der Waals surface area contributed by atoms with Gasteiger partial charge in [0, 0.05) is 10.4 Å². The van der Waals surface area contributed by atoms with E-state index < -0.39 is 36.1 Å². The van der Waals surface area contributed by atoms with Gasteiger partial charge in [-0.05, 0) is 80.6 Å². The largest absolute Gasteiger partial charge is 0.489 e. The molecule has 1 aliphatic heterocycles. The maximum Gasteiger partial charge on any atom is 0.434 e. The second-order valence-corrected chi connectivity index (χ2v) is 12.4. The molecule has 1 aromatic carbocycles. The summed E-state index contributed by atoms with van der Waals surface area (Å²) in [5.41, 5.74) is 0.741. The number of hydrogen-bond acceptors (Lipinski definition) is 6. The number of nitrogens with zero attached hydrogens (tertiary/aromatic N) is 4. The second kappa shape index (κ2) is 13.4. The first-order valence-corrected chi connectivity index (χ1v) is 15.6. The number of carboxylic acids is 1. The molecule has 0 atom stereocenters. The summed E-state index contributed by atoms with van der Waals surface area (Å²) >= 11 is 1.46. The minimum absolute atomic E-state index is 0.162. The van der Waals surface area contributed by atoms with Gasteiger partial charge in [-0.1, -0.05) is 31.5 Å². The van der Waals surface area contributed by atoms with Gasteiger partial charge in [-0.15, -0.1) is 11.3 Å². The number of aryl methyl sites for hydroxylation is 2. The molecule has 0 aliphatic carbocycles. The van der Waals surface area contributed by atoms with E-state index in [0.29, 0.717) is 53.1 Å². The van der Waals surface area contributed by atoms with Crippen molar-refractivity contribution in [3.63, 3.8) is 0 Å². The number of carbonyl (C=O) groups is 1. The van der Waals surface area contributed by atoms with Crippen LogP contribution in [0.1, 0.15) is 69.7 Å². The summed E-state index contributed by atoms with van der Waals surface area (Å²) in [6.07, 6.45) is -5.58. The third kappa shape index (κ3) is 7.72. The number of carboxylic acid groups (broad SMARTS) is 1. The predicted molar refractivity (Wildman–Crippen MR) is 161 cm³/mol. The number of halogens is 6. The Morgan fingerprint density at radius 2 is 1.83 bits per heavy atom. The average molecular weight is 667 g/mol. The highest BCUT2D eigenvalue weighted by molar-refractivity contribution is 7.15. The van der Waals surface area contributed by atoms with Crippen LogP contribution in [0.3, 0.4) is 0 Å². The summed E-state index contributed by atoms with van der Waals surface area (Å²) in [6, 6.07) is 12.4. The minimum Gasteiger partial charge on any atom is -0.489 e. The van der Waals surface area contributed by atoms with Crippen molar-refractivity contribution in [1.29, 1.82) is 0 Å². The third-order valence-electron chi connectivity index (χ3n) is 7.85. The van der Waals surface area contributed by atoms with Gasteiger partial charge in [0.05, 0.1) is 23.3 Å². The van der Waals surface area contributed by atoms with Crippen molar-refractivity contribution in [3.05, 3.63) is 81.5 Å². The van der Waals surface area contributed by atoms with E-state index >= 15 is 0 Å². The van der Waals surface area contributed by atoms with Crippen molar-refractivity contribution in [2.24, 2.45) is 0 Å². The van der Waals surface area contributed by atoms with Gasteiger partial charge in [0.15, 0.2) is 11.5 Å². The number of alkyl halides is 6. The van der Waals surface area contributed by atoms with Crippen LogP contribution in [0.4, 0.5) is 26.3 Å². The lowest BCUT2D eigenvalue weighted by atomic mass is 9.88. The lowest BCUT2D eigenvalue weighted by Gasteiger charge is -2.32. The molecule has 3 aromatic heterocycles. The van der Waals surface area contributed by atoms with Crippen LogP contribution >= 0.6 is 11.3 Å². The Morgan fingerprint density at radius 1 is 1.09 bits per heavy atom. The van der Waals surface area contributed by atoms with Gasteiger partial charge in [0.1, 0.15) is 17.9 Å². The minimum atomic E-state index is -4.98. The molecule has 1 saturated heterocycles. The number of aromatic nitrogens is 3. The van der Waals surface area contributed by atoms with Crippen LogP contribution in [-0.2, 0) is 19.2 Å². The molecule has 4 aromatic rings. The lowest BCUT2D eigenvalue weighted by Crippen LogP contribution is -2.39. The molecular weight excluding hydrogens is 634 g/mol. The summed E-state index contributed by atoms with van der Waals surface area (Å²) < 4.78 is 86.6. The van der Waals surface area contributed by atoms with Crippen LogP contribution in [0.2, 0.25) is 0 Å². The molecule has 0 saturated carbocycles. The first-order chi connectivity index (χ1) is 21.7. The van der Waals surface area contributed by atoms with Crippen molar-refractivity contribution in [3.8, 4) is 22.1 Å². The maximum absolute atomic E-state index is 13.9. The van der Waals surface area contributed by atoms with Crippen molar-refractivity contribution in [1.82, 2.24) is 19.7 Å². The lowest BCUT2D eigenvalue weighted by molar-refractivity contribution is -0.148. The summed E-state index contributed by atoms with van der Waals surface area (Å²) in [7, 11) is 0. The number of thiophene rings is 1. The zero-order valence-corrected chi connectivity index (χ0v) is 25.9. The van der Waals surface area contributed by atoms with Gasteiger partial charge in [0.25, 0.3) is 0 Å². The molecule has 1 aliphatic rings. The smallest absolute Gasteiger partial charge is 0.434 e. The molecule has 5 rings (SSSR count). The fourth-order valence-corrected chi connectivity index (χ4v) is 6.96. The van der Waals surface area contributed by atoms with Gasteiger partial charge >= 0.3 is 18.3 Å². The zero-order valence-electron chi connectivity index (χ0n) is 25.1. The molecule has 246 valence electrons.